The molecule has 1 fully saturated rings. The van der Waals surface area contributed by atoms with Crippen molar-refractivity contribution in [3.8, 4) is 0 Å². The smallest absolute Gasteiger partial charge is 0.214 e. The summed E-state index contributed by atoms with van der Waals surface area (Å²) < 4.78 is 39.3. The monoisotopic (exact) mass is 357 g/mol. The van der Waals surface area contributed by atoms with Gasteiger partial charge in [-0.2, -0.15) is 4.31 Å². The Morgan fingerprint density at radius 3 is 2.79 bits per heavy atom. The van der Waals surface area contributed by atoms with Crippen LogP contribution in [-0.4, -0.2) is 54.4 Å². The molecule has 2 aliphatic rings. The maximum absolute atomic E-state index is 12.2. The lowest BCUT2D eigenvalue weighted by Gasteiger charge is -2.33. The fourth-order valence-corrected chi connectivity index (χ4v) is 4.71. The van der Waals surface area contributed by atoms with Crippen LogP contribution in [0.25, 0.3) is 0 Å². The predicted molar refractivity (Wildman–Crippen MR) is 90.0 cm³/mol. The lowest BCUT2D eigenvalue weighted by atomic mass is 10.0. The Bertz CT molecular complexity index is 652. The number of hydrogen-bond acceptors (Lipinski definition) is 5. The van der Waals surface area contributed by atoms with E-state index in [1.807, 2.05) is 13.1 Å². The first-order valence-electron chi connectivity index (χ1n) is 8.72. The van der Waals surface area contributed by atoms with Crippen molar-refractivity contribution in [3.63, 3.8) is 0 Å². The molecule has 7 nitrogen and oxygen atoms in total. The van der Waals surface area contributed by atoms with Crippen LogP contribution in [0, 0.1) is 5.92 Å². The van der Waals surface area contributed by atoms with E-state index in [2.05, 4.69) is 9.55 Å². The van der Waals surface area contributed by atoms with Crippen LogP contribution in [-0.2, 0) is 32.6 Å². The van der Waals surface area contributed by atoms with Crippen molar-refractivity contribution in [1.29, 1.82) is 0 Å². The highest BCUT2D eigenvalue weighted by molar-refractivity contribution is 7.89. The number of rotatable bonds is 6. The van der Waals surface area contributed by atoms with Gasteiger partial charge in [0.1, 0.15) is 5.82 Å². The third-order valence-corrected chi connectivity index (χ3v) is 6.93. The summed E-state index contributed by atoms with van der Waals surface area (Å²) in [6.45, 7) is 7.64. The summed E-state index contributed by atoms with van der Waals surface area (Å²) in [7, 11) is -3.20. The summed E-state index contributed by atoms with van der Waals surface area (Å²) in [6.07, 6.45) is 3.94. The highest BCUT2D eigenvalue weighted by atomic mass is 32.2. The van der Waals surface area contributed by atoms with E-state index in [0.717, 1.165) is 44.2 Å². The third kappa shape index (κ3) is 3.66. The van der Waals surface area contributed by atoms with E-state index in [4.69, 9.17) is 9.47 Å². The molecule has 0 aliphatic carbocycles. The molecule has 24 heavy (non-hydrogen) atoms. The molecule has 0 bridgehead atoms. The normalized spacial score (nSPS) is 23.3. The Morgan fingerprint density at radius 1 is 1.33 bits per heavy atom. The summed E-state index contributed by atoms with van der Waals surface area (Å²) in [5, 5.41) is 0. The average Bonchev–Trinajstić information content (AvgIpc) is 3.00. The molecule has 0 aromatic carbocycles. The lowest BCUT2D eigenvalue weighted by Crippen LogP contribution is -2.42. The molecule has 0 spiro atoms. The largest absolute Gasteiger partial charge is 0.381 e. The molecular weight excluding hydrogens is 330 g/mol. The number of hydrogen-bond donors (Lipinski definition) is 0. The average molecular weight is 357 g/mol. The molecular formula is C16H27N3O4S. The molecule has 0 saturated carbocycles. The second-order valence-corrected chi connectivity index (χ2v) is 8.73. The highest BCUT2D eigenvalue weighted by Crippen LogP contribution is 2.28. The molecule has 1 aromatic rings. The zero-order valence-corrected chi connectivity index (χ0v) is 15.3. The molecule has 0 N–H and O–H groups in total. The number of fused-ring (bicyclic) bond motifs is 1. The quantitative estimate of drug-likeness (QED) is 0.772. The van der Waals surface area contributed by atoms with Crippen molar-refractivity contribution in [2.24, 2.45) is 5.92 Å². The Hall–Kier alpha value is -0.960. The second kappa shape index (κ2) is 7.51. The van der Waals surface area contributed by atoms with Gasteiger partial charge in [0.05, 0.1) is 36.9 Å². The SMILES string of the molecule is CCS(=O)(=O)N1CCn2c(COCC3CCOCC3)cnc2[C@H]1C. The molecule has 136 valence electrons. The van der Waals surface area contributed by atoms with Crippen LogP contribution in [0.2, 0.25) is 0 Å². The number of imidazole rings is 1. The summed E-state index contributed by atoms with van der Waals surface area (Å²) in [6, 6.07) is -0.229. The second-order valence-electron chi connectivity index (χ2n) is 6.52. The van der Waals surface area contributed by atoms with E-state index >= 15 is 0 Å². The van der Waals surface area contributed by atoms with Gasteiger partial charge in [-0.1, -0.05) is 0 Å². The predicted octanol–water partition coefficient (Wildman–Crippen LogP) is 1.55. The standard InChI is InChI=1S/C16H27N3O4S/c1-3-24(20,21)19-7-6-18-15(10-17-16(18)13(19)2)12-23-11-14-4-8-22-9-5-14/h10,13-14H,3-9,11-12H2,1-2H3/t13-/m1/s1. The minimum absolute atomic E-state index is 0.124. The van der Waals surface area contributed by atoms with E-state index in [-0.39, 0.29) is 11.8 Å². The number of ether oxygens (including phenoxy) is 2. The van der Waals surface area contributed by atoms with Crippen molar-refractivity contribution >= 4 is 10.0 Å². The van der Waals surface area contributed by atoms with Crippen molar-refractivity contribution in [3.05, 3.63) is 17.7 Å². The molecule has 1 saturated heterocycles. The van der Waals surface area contributed by atoms with Crippen molar-refractivity contribution in [2.75, 3.05) is 32.1 Å². The molecule has 2 aliphatic heterocycles. The van der Waals surface area contributed by atoms with Gasteiger partial charge in [-0.05, 0) is 32.6 Å². The zero-order valence-electron chi connectivity index (χ0n) is 14.5. The molecule has 0 amide bonds. The van der Waals surface area contributed by atoms with Crippen molar-refractivity contribution in [1.82, 2.24) is 13.9 Å². The van der Waals surface area contributed by atoms with E-state index in [0.29, 0.717) is 25.6 Å². The summed E-state index contributed by atoms with van der Waals surface area (Å²) in [5.41, 5.74) is 1.03. The molecule has 0 radical (unpaired) electrons. The maximum Gasteiger partial charge on any atom is 0.214 e. The van der Waals surface area contributed by atoms with Crippen LogP contribution in [0.15, 0.2) is 6.20 Å². The van der Waals surface area contributed by atoms with Gasteiger partial charge >= 0.3 is 0 Å². The number of nitrogens with zero attached hydrogens (tertiary/aromatic N) is 3. The molecule has 3 rings (SSSR count). The van der Waals surface area contributed by atoms with Gasteiger partial charge in [-0.15, -0.1) is 0 Å². The lowest BCUT2D eigenvalue weighted by molar-refractivity contribution is 0.0141. The Kier molecular flexibility index (Phi) is 5.59. The van der Waals surface area contributed by atoms with Gasteiger partial charge in [0.25, 0.3) is 0 Å². The van der Waals surface area contributed by atoms with Crippen LogP contribution in [0.1, 0.15) is 44.2 Å². The highest BCUT2D eigenvalue weighted by Gasteiger charge is 2.33. The van der Waals surface area contributed by atoms with Gasteiger partial charge in [-0.3, -0.25) is 0 Å². The molecule has 0 unspecified atom stereocenters. The van der Waals surface area contributed by atoms with E-state index in [1.165, 1.54) is 0 Å². The Labute approximate surface area is 144 Å². The van der Waals surface area contributed by atoms with Crippen molar-refractivity contribution in [2.45, 2.75) is 45.9 Å². The van der Waals surface area contributed by atoms with Crippen LogP contribution in [0.3, 0.4) is 0 Å². The molecule has 1 atom stereocenters. The fraction of sp³-hybridized carbons (Fsp3) is 0.812. The molecule has 8 heteroatoms. The van der Waals surface area contributed by atoms with E-state index < -0.39 is 10.0 Å². The summed E-state index contributed by atoms with van der Waals surface area (Å²) in [4.78, 5) is 4.46. The Balaban J connectivity index is 1.62. The first-order valence-corrected chi connectivity index (χ1v) is 10.3. The zero-order chi connectivity index (χ0) is 17.2. The van der Waals surface area contributed by atoms with E-state index in [9.17, 15) is 8.42 Å². The van der Waals surface area contributed by atoms with Crippen molar-refractivity contribution < 1.29 is 17.9 Å². The van der Waals surface area contributed by atoms with Crippen LogP contribution < -0.4 is 0 Å². The number of sulfonamides is 1. The third-order valence-electron chi connectivity index (χ3n) is 4.99. The minimum atomic E-state index is -3.20. The summed E-state index contributed by atoms with van der Waals surface area (Å²) >= 11 is 0. The topological polar surface area (TPSA) is 73.7 Å². The fourth-order valence-electron chi connectivity index (χ4n) is 3.44. The van der Waals surface area contributed by atoms with E-state index in [1.54, 1.807) is 11.2 Å². The first kappa shape index (κ1) is 17.8. The van der Waals surface area contributed by atoms with Gasteiger partial charge in [-0.25, -0.2) is 13.4 Å². The molecule has 3 heterocycles. The summed E-state index contributed by atoms with van der Waals surface area (Å²) in [5.74, 6) is 1.51. The Morgan fingerprint density at radius 2 is 2.08 bits per heavy atom. The van der Waals surface area contributed by atoms with Crippen LogP contribution in [0.5, 0.6) is 0 Å². The number of aromatic nitrogens is 2. The van der Waals surface area contributed by atoms with Crippen LogP contribution >= 0.6 is 0 Å². The minimum Gasteiger partial charge on any atom is -0.381 e. The first-order chi connectivity index (χ1) is 11.5. The maximum atomic E-state index is 12.2. The molecule has 1 aromatic heterocycles. The van der Waals surface area contributed by atoms with Gasteiger partial charge < -0.3 is 14.0 Å². The van der Waals surface area contributed by atoms with Gasteiger partial charge in [0.15, 0.2) is 0 Å². The van der Waals surface area contributed by atoms with Gasteiger partial charge in [0, 0.05) is 26.3 Å². The van der Waals surface area contributed by atoms with Gasteiger partial charge in [0.2, 0.25) is 10.0 Å². The van der Waals surface area contributed by atoms with Crippen LogP contribution in [0.4, 0.5) is 0 Å².